The number of ether oxygens (including phenoxy) is 1. The SMILES string of the molecule is O=C(Nc1ccccc1-c1ccccc1)[C@H]1CN(S(=O)(=O)Cc2ccccc2)c2ccccc2O1. The number of nitrogens with one attached hydrogen (secondary N) is 1. The molecule has 0 aliphatic carbocycles. The second-order valence-electron chi connectivity index (χ2n) is 8.25. The number of fused-ring (bicyclic) bond motifs is 1. The molecule has 35 heavy (non-hydrogen) atoms. The summed E-state index contributed by atoms with van der Waals surface area (Å²) in [6, 6.07) is 33.1. The Kier molecular flexibility index (Phi) is 6.25. The van der Waals surface area contributed by atoms with Crippen molar-refractivity contribution in [1.29, 1.82) is 0 Å². The molecule has 176 valence electrons. The molecule has 0 fully saturated rings. The van der Waals surface area contributed by atoms with Crippen LogP contribution in [0, 0.1) is 0 Å². The lowest BCUT2D eigenvalue weighted by Crippen LogP contribution is -2.49. The Morgan fingerprint density at radius 3 is 2.23 bits per heavy atom. The summed E-state index contributed by atoms with van der Waals surface area (Å²) in [5.74, 6) is -0.234. The summed E-state index contributed by atoms with van der Waals surface area (Å²) in [6.07, 6.45) is -1.01. The second kappa shape index (κ2) is 9.64. The Morgan fingerprint density at radius 1 is 0.829 bits per heavy atom. The molecule has 4 aromatic rings. The first-order valence-electron chi connectivity index (χ1n) is 11.3. The molecule has 6 nitrogen and oxygen atoms in total. The monoisotopic (exact) mass is 484 g/mol. The van der Waals surface area contributed by atoms with Gasteiger partial charge >= 0.3 is 0 Å². The van der Waals surface area contributed by atoms with E-state index in [1.807, 2.05) is 60.7 Å². The molecule has 1 amide bonds. The lowest BCUT2D eigenvalue weighted by Gasteiger charge is -2.34. The van der Waals surface area contributed by atoms with Crippen molar-refractivity contribution in [3.05, 3.63) is 115 Å². The molecule has 0 spiro atoms. The van der Waals surface area contributed by atoms with E-state index in [9.17, 15) is 13.2 Å². The van der Waals surface area contributed by atoms with Crippen molar-refractivity contribution in [3.63, 3.8) is 0 Å². The average Bonchev–Trinajstić information content (AvgIpc) is 2.89. The van der Waals surface area contributed by atoms with Crippen molar-refractivity contribution in [3.8, 4) is 16.9 Å². The lowest BCUT2D eigenvalue weighted by atomic mass is 10.0. The molecular formula is C28H24N2O4S. The first kappa shape index (κ1) is 22.7. The minimum Gasteiger partial charge on any atom is -0.476 e. The third-order valence-electron chi connectivity index (χ3n) is 5.82. The van der Waals surface area contributed by atoms with Crippen molar-refractivity contribution >= 4 is 27.3 Å². The number of sulfonamides is 1. The number of rotatable bonds is 6. The number of benzene rings is 4. The molecule has 1 heterocycles. The van der Waals surface area contributed by atoms with Gasteiger partial charge in [-0.3, -0.25) is 9.10 Å². The second-order valence-corrected chi connectivity index (χ2v) is 10.1. The van der Waals surface area contributed by atoms with Gasteiger partial charge in [0.2, 0.25) is 10.0 Å². The molecule has 0 saturated heterocycles. The van der Waals surface area contributed by atoms with E-state index in [4.69, 9.17) is 4.74 Å². The number of carbonyl (C=O) groups is 1. The van der Waals surface area contributed by atoms with E-state index in [0.717, 1.165) is 11.1 Å². The molecule has 4 aromatic carbocycles. The zero-order chi connectivity index (χ0) is 24.3. The van der Waals surface area contributed by atoms with Crippen LogP contribution in [-0.4, -0.2) is 27.0 Å². The Morgan fingerprint density at radius 2 is 1.46 bits per heavy atom. The van der Waals surface area contributed by atoms with Crippen LogP contribution in [0.5, 0.6) is 5.75 Å². The van der Waals surface area contributed by atoms with Gasteiger partial charge < -0.3 is 10.1 Å². The Hall–Kier alpha value is -4.10. The van der Waals surface area contributed by atoms with Gasteiger partial charge in [0.1, 0.15) is 5.75 Å². The molecule has 1 atom stereocenters. The van der Waals surface area contributed by atoms with Crippen LogP contribution in [0.15, 0.2) is 109 Å². The molecule has 0 saturated carbocycles. The minimum absolute atomic E-state index is 0.120. The Balaban J connectivity index is 1.43. The van der Waals surface area contributed by atoms with Gasteiger partial charge in [-0.2, -0.15) is 0 Å². The highest BCUT2D eigenvalue weighted by atomic mass is 32.2. The van der Waals surface area contributed by atoms with Gasteiger partial charge in [0.05, 0.1) is 18.0 Å². The first-order chi connectivity index (χ1) is 17.0. The Labute approximate surface area is 204 Å². The van der Waals surface area contributed by atoms with Crippen LogP contribution in [-0.2, 0) is 20.6 Å². The molecule has 1 aliphatic rings. The summed E-state index contributed by atoms with van der Waals surface area (Å²) in [5, 5.41) is 2.95. The van der Waals surface area contributed by atoms with E-state index in [-0.39, 0.29) is 12.3 Å². The van der Waals surface area contributed by atoms with Crippen molar-refractivity contribution in [2.75, 3.05) is 16.2 Å². The predicted octanol–water partition coefficient (Wildman–Crippen LogP) is 5.09. The van der Waals surface area contributed by atoms with Crippen molar-refractivity contribution in [2.45, 2.75) is 11.9 Å². The maximum absolute atomic E-state index is 13.4. The topological polar surface area (TPSA) is 75.7 Å². The van der Waals surface area contributed by atoms with Gasteiger partial charge in [0.15, 0.2) is 6.10 Å². The largest absolute Gasteiger partial charge is 0.476 e. The lowest BCUT2D eigenvalue weighted by molar-refractivity contribution is -0.122. The molecule has 0 radical (unpaired) electrons. The number of hydrogen-bond acceptors (Lipinski definition) is 4. The molecule has 0 bridgehead atoms. The normalized spacial score (nSPS) is 15.1. The van der Waals surface area contributed by atoms with Crippen molar-refractivity contribution < 1.29 is 17.9 Å². The zero-order valence-electron chi connectivity index (χ0n) is 18.9. The van der Waals surface area contributed by atoms with Gasteiger partial charge in [0.25, 0.3) is 5.91 Å². The predicted molar refractivity (Wildman–Crippen MR) is 138 cm³/mol. The van der Waals surface area contributed by atoms with E-state index in [0.29, 0.717) is 22.7 Å². The molecule has 1 aliphatic heterocycles. The van der Waals surface area contributed by atoms with E-state index in [1.165, 1.54) is 4.31 Å². The van der Waals surface area contributed by atoms with Gasteiger partial charge in [-0.25, -0.2) is 8.42 Å². The van der Waals surface area contributed by atoms with Crippen LogP contribution in [0.1, 0.15) is 5.56 Å². The fourth-order valence-corrected chi connectivity index (χ4v) is 5.72. The van der Waals surface area contributed by atoms with Crippen molar-refractivity contribution in [1.82, 2.24) is 0 Å². The van der Waals surface area contributed by atoms with E-state index >= 15 is 0 Å². The minimum atomic E-state index is -3.77. The van der Waals surface area contributed by atoms with E-state index < -0.39 is 22.0 Å². The molecule has 0 aromatic heterocycles. The highest BCUT2D eigenvalue weighted by Gasteiger charge is 2.36. The molecular weight excluding hydrogens is 460 g/mol. The number of nitrogens with zero attached hydrogens (tertiary/aromatic N) is 1. The van der Waals surface area contributed by atoms with E-state index in [2.05, 4.69) is 5.32 Å². The van der Waals surface area contributed by atoms with Gasteiger partial charge in [0, 0.05) is 11.3 Å². The van der Waals surface area contributed by atoms with Gasteiger partial charge in [-0.1, -0.05) is 91.0 Å². The molecule has 0 unspecified atom stereocenters. The standard InChI is InChI=1S/C28H24N2O4S/c31-28(29-24-16-8-7-15-23(24)22-13-5-2-6-14-22)27-19-30(25-17-9-10-18-26(25)34-27)35(32,33)20-21-11-3-1-4-12-21/h1-18,27H,19-20H2,(H,29,31)/t27-/m1/s1. The maximum Gasteiger partial charge on any atom is 0.267 e. The number of carbonyl (C=O) groups excluding carboxylic acids is 1. The molecule has 5 rings (SSSR count). The third kappa shape index (κ3) is 4.90. The van der Waals surface area contributed by atoms with Crippen LogP contribution in [0.3, 0.4) is 0 Å². The fraction of sp³-hybridized carbons (Fsp3) is 0.107. The number of hydrogen-bond donors (Lipinski definition) is 1. The highest BCUT2D eigenvalue weighted by molar-refractivity contribution is 7.92. The van der Waals surface area contributed by atoms with E-state index in [1.54, 1.807) is 48.5 Å². The number of para-hydroxylation sites is 3. The quantitative estimate of drug-likeness (QED) is 0.414. The third-order valence-corrected chi connectivity index (χ3v) is 7.54. The first-order valence-corrected chi connectivity index (χ1v) is 12.9. The zero-order valence-corrected chi connectivity index (χ0v) is 19.7. The van der Waals surface area contributed by atoms with Crippen LogP contribution in [0.4, 0.5) is 11.4 Å². The molecule has 7 heteroatoms. The van der Waals surface area contributed by atoms with Crippen molar-refractivity contribution in [2.24, 2.45) is 0 Å². The average molecular weight is 485 g/mol. The highest BCUT2D eigenvalue weighted by Crippen LogP contribution is 2.36. The summed E-state index contributed by atoms with van der Waals surface area (Å²) in [5.41, 5.74) is 3.56. The molecule has 1 N–H and O–H groups in total. The van der Waals surface area contributed by atoms with Crippen LogP contribution in [0.25, 0.3) is 11.1 Å². The summed E-state index contributed by atoms with van der Waals surface area (Å²) in [7, 11) is -3.77. The van der Waals surface area contributed by atoms with Crippen LogP contribution >= 0.6 is 0 Å². The number of anilines is 2. The smallest absolute Gasteiger partial charge is 0.267 e. The van der Waals surface area contributed by atoms with Crippen LogP contribution in [0.2, 0.25) is 0 Å². The van der Waals surface area contributed by atoms with Crippen LogP contribution < -0.4 is 14.4 Å². The fourth-order valence-electron chi connectivity index (χ4n) is 4.14. The maximum atomic E-state index is 13.4. The Bertz CT molecular complexity index is 1440. The summed E-state index contributed by atoms with van der Waals surface area (Å²) >= 11 is 0. The summed E-state index contributed by atoms with van der Waals surface area (Å²) in [6.45, 7) is -0.120. The van der Waals surface area contributed by atoms with Gasteiger partial charge in [-0.15, -0.1) is 0 Å². The number of amides is 1. The van der Waals surface area contributed by atoms with Gasteiger partial charge in [-0.05, 0) is 29.3 Å². The summed E-state index contributed by atoms with van der Waals surface area (Å²) in [4.78, 5) is 13.3. The summed E-state index contributed by atoms with van der Waals surface area (Å²) < 4.78 is 34.1.